The average Bonchev–Trinajstić information content (AvgIpc) is 3.30. The van der Waals surface area contributed by atoms with E-state index >= 15 is 0 Å². The molecule has 0 spiro atoms. The molecule has 150 valence electrons. The molecule has 4 aromatic rings. The Balaban J connectivity index is 1.47. The zero-order valence-electron chi connectivity index (χ0n) is 15.6. The van der Waals surface area contributed by atoms with Gasteiger partial charge in [0.05, 0.1) is 16.8 Å². The summed E-state index contributed by atoms with van der Waals surface area (Å²) in [6.45, 7) is 0. The van der Waals surface area contributed by atoms with Crippen molar-refractivity contribution in [3.05, 3.63) is 97.0 Å². The van der Waals surface area contributed by atoms with Crippen LogP contribution in [0.25, 0.3) is 5.82 Å². The molecule has 4 rings (SSSR count). The SMILES string of the molecule is O=C(Nc1ccc(-n2cccn2)nc1)c1cccc(NS(=O)(=O)c2ccccc2)c1. The first-order valence-corrected chi connectivity index (χ1v) is 10.4. The van der Waals surface area contributed by atoms with Crippen LogP contribution in [0.15, 0.2) is 96.3 Å². The van der Waals surface area contributed by atoms with Crippen molar-refractivity contribution in [2.45, 2.75) is 4.90 Å². The van der Waals surface area contributed by atoms with Gasteiger partial charge in [-0.1, -0.05) is 24.3 Å². The van der Waals surface area contributed by atoms with Gasteiger partial charge < -0.3 is 5.32 Å². The number of benzene rings is 2. The lowest BCUT2D eigenvalue weighted by atomic mass is 10.2. The topological polar surface area (TPSA) is 106 Å². The number of sulfonamides is 1. The number of aromatic nitrogens is 3. The zero-order valence-corrected chi connectivity index (χ0v) is 16.5. The summed E-state index contributed by atoms with van der Waals surface area (Å²) in [5.41, 5.74) is 1.10. The molecule has 9 heteroatoms. The van der Waals surface area contributed by atoms with E-state index in [0.29, 0.717) is 22.8 Å². The Hall–Kier alpha value is -3.98. The Labute approximate surface area is 173 Å². The summed E-state index contributed by atoms with van der Waals surface area (Å²) in [5.74, 6) is 0.236. The lowest BCUT2D eigenvalue weighted by Crippen LogP contribution is -2.15. The minimum atomic E-state index is -3.74. The zero-order chi connectivity index (χ0) is 21.0. The number of pyridine rings is 1. The number of anilines is 2. The largest absolute Gasteiger partial charge is 0.321 e. The fraction of sp³-hybridized carbons (Fsp3) is 0. The Morgan fingerprint density at radius 2 is 1.73 bits per heavy atom. The van der Waals surface area contributed by atoms with Gasteiger partial charge in [-0.3, -0.25) is 9.52 Å². The quantitative estimate of drug-likeness (QED) is 0.499. The molecule has 0 saturated carbocycles. The van der Waals surface area contributed by atoms with Gasteiger partial charge in [-0.15, -0.1) is 0 Å². The summed E-state index contributed by atoms with van der Waals surface area (Å²) >= 11 is 0. The first kappa shape index (κ1) is 19.3. The molecule has 30 heavy (non-hydrogen) atoms. The molecule has 1 amide bonds. The molecule has 2 N–H and O–H groups in total. The van der Waals surface area contributed by atoms with Crippen LogP contribution in [-0.4, -0.2) is 29.1 Å². The van der Waals surface area contributed by atoms with E-state index in [9.17, 15) is 13.2 Å². The molecule has 0 fully saturated rings. The fourth-order valence-corrected chi connectivity index (χ4v) is 3.81. The molecule has 8 nitrogen and oxygen atoms in total. The van der Waals surface area contributed by atoms with Crippen LogP contribution in [0.2, 0.25) is 0 Å². The molecule has 0 atom stereocenters. The van der Waals surface area contributed by atoms with Crippen LogP contribution in [0.4, 0.5) is 11.4 Å². The first-order chi connectivity index (χ1) is 14.5. The van der Waals surface area contributed by atoms with Crippen molar-refractivity contribution >= 4 is 27.3 Å². The molecular weight excluding hydrogens is 402 g/mol. The van der Waals surface area contributed by atoms with E-state index in [1.165, 1.54) is 24.4 Å². The number of carbonyl (C=O) groups excluding carboxylic acids is 1. The fourth-order valence-electron chi connectivity index (χ4n) is 2.74. The minimum absolute atomic E-state index is 0.142. The highest BCUT2D eigenvalue weighted by Gasteiger charge is 2.15. The van der Waals surface area contributed by atoms with Crippen molar-refractivity contribution in [3.8, 4) is 5.82 Å². The maximum absolute atomic E-state index is 12.6. The summed E-state index contributed by atoms with van der Waals surface area (Å²) < 4.78 is 29.0. The van der Waals surface area contributed by atoms with Crippen LogP contribution < -0.4 is 10.0 Å². The second-order valence-corrected chi connectivity index (χ2v) is 7.99. The lowest BCUT2D eigenvalue weighted by molar-refractivity contribution is 0.102. The van der Waals surface area contributed by atoms with Gasteiger partial charge in [0.25, 0.3) is 15.9 Å². The van der Waals surface area contributed by atoms with Crippen LogP contribution in [0, 0.1) is 0 Å². The molecule has 0 saturated heterocycles. The van der Waals surface area contributed by atoms with E-state index in [2.05, 4.69) is 20.1 Å². The van der Waals surface area contributed by atoms with Crippen molar-refractivity contribution in [2.75, 3.05) is 10.0 Å². The summed E-state index contributed by atoms with van der Waals surface area (Å²) in [5, 5.41) is 6.84. The van der Waals surface area contributed by atoms with Gasteiger partial charge in [-0.2, -0.15) is 5.10 Å². The average molecular weight is 419 g/mol. The maximum atomic E-state index is 12.6. The van der Waals surface area contributed by atoms with Gasteiger partial charge in [0.15, 0.2) is 5.82 Å². The number of hydrogen-bond donors (Lipinski definition) is 2. The predicted octanol–water partition coefficient (Wildman–Crippen LogP) is 3.32. The normalized spacial score (nSPS) is 11.1. The molecular formula is C21H17N5O3S. The number of hydrogen-bond acceptors (Lipinski definition) is 5. The summed E-state index contributed by atoms with van der Waals surface area (Å²) in [6.07, 6.45) is 4.94. The Morgan fingerprint density at radius 1 is 0.900 bits per heavy atom. The molecule has 0 unspecified atom stereocenters. The van der Waals surface area contributed by atoms with Crippen molar-refractivity contribution < 1.29 is 13.2 Å². The van der Waals surface area contributed by atoms with Crippen LogP contribution >= 0.6 is 0 Å². The number of nitrogens with one attached hydrogen (secondary N) is 2. The van der Waals surface area contributed by atoms with E-state index in [-0.39, 0.29) is 10.8 Å². The lowest BCUT2D eigenvalue weighted by Gasteiger charge is -2.10. The third-order valence-corrected chi connectivity index (χ3v) is 5.57. The number of nitrogens with zero attached hydrogens (tertiary/aromatic N) is 3. The van der Waals surface area contributed by atoms with Crippen molar-refractivity contribution in [1.82, 2.24) is 14.8 Å². The van der Waals surface area contributed by atoms with E-state index in [1.54, 1.807) is 71.7 Å². The Bertz CT molecular complexity index is 1260. The smallest absolute Gasteiger partial charge is 0.261 e. The molecule has 0 aliphatic rings. The van der Waals surface area contributed by atoms with Crippen LogP contribution in [0.5, 0.6) is 0 Å². The van der Waals surface area contributed by atoms with Crippen LogP contribution in [-0.2, 0) is 10.0 Å². The molecule has 2 aromatic heterocycles. The van der Waals surface area contributed by atoms with Gasteiger partial charge in [-0.05, 0) is 48.5 Å². The van der Waals surface area contributed by atoms with Gasteiger partial charge >= 0.3 is 0 Å². The Morgan fingerprint density at radius 3 is 2.43 bits per heavy atom. The summed E-state index contributed by atoms with van der Waals surface area (Å²) in [4.78, 5) is 17.0. The third-order valence-electron chi connectivity index (χ3n) is 4.18. The highest BCUT2D eigenvalue weighted by molar-refractivity contribution is 7.92. The summed E-state index contributed by atoms with van der Waals surface area (Å²) in [6, 6.07) is 19.5. The molecule has 0 radical (unpaired) electrons. The van der Waals surface area contributed by atoms with E-state index in [0.717, 1.165) is 0 Å². The maximum Gasteiger partial charge on any atom is 0.261 e. The Kier molecular flexibility index (Phi) is 5.27. The van der Waals surface area contributed by atoms with E-state index in [1.807, 2.05) is 0 Å². The second-order valence-electron chi connectivity index (χ2n) is 6.31. The molecule has 0 aliphatic heterocycles. The minimum Gasteiger partial charge on any atom is -0.321 e. The van der Waals surface area contributed by atoms with Gasteiger partial charge in [-0.25, -0.2) is 18.1 Å². The third kappa shape index (κ3) is 4.36. The molecule has 0 bridgehead atoms. The van der Waals surface area contributed by atoms with Gasteiger partial charge in [0.2, 0.25) is 0 Å². The summed E-state index contributed by atoms with van der Waals surface area (Å²) in [7, 11) is -3.74. The molecule has 2 heterocycles. The number of carbonyl (C=O) groups is 1. The monoisotopic (exact) mass is 419 g/mol. The van der Waals surface area contributed by atoms with E-state index in [4.69, 9.17) is 0 Å². The number of rotatable bonds is 6. The molecule has 2 aromatic carbocycles. The van der Waals surface area contributed by atoms with Crippen molar-refractivity contribution in [1.29, 1.82) is 0 Å². The highest BCUT2D eigenvalue weighted by Crippen LogP contribution is 2.18. The van der Waals surface area contributed by atoms with Gasteiger partial charge in [0, 0.05) is 23.6 Å². The van der Waals surface area contributed by atoms with Crippen molar-refractivity contribution in [2.24, 2.45) is 0 Å². The first-order valence-electron chi connectivity index (χ1n) is 8.97. The van der Waals surface area contributed by atoms with Crippen molar-refractivity contribution in [3.63, 3.8) is 0 Å². The van der Waals surface area contributed by atoms with Crippen LogP contribution in [0.3, 0.4) is 0 Å². The van der Waals surface area contributed by atoms with Crippen LogP contribution in [0.1, 0.15) is 10.4 Å². The van der Waals surface area contributed by atoms with Gasteiger partial charge in [0.1, 0.15) is 0 Å². The van der Waals surface area contributed by atoms with E-state index < -0.39 is 10.0 Å². The number of amides is 1. The molecule has 0 aliphatic carbocycles. The standard InChI is InChI=1S/C21H17N5O3S/c27-21(24-18-10-11-20(22-15-18)26-13-5-12-23-26)16-6-4-7-17(14-16)25-30(28,29)19-8-2-1-3-9-19/h1-15,25H,(H,24,27). The highest BCUT2D eigenvalue weighted by atomic mass is 32.2. The predicted molar refractivity (Wildman–Crippen MR) is 113 cm³/mol. The second kappa shape index (κ2) is 8.18.